The minimum absolute atomic E-state index is 0.249. The molecule has 7 heteroatoms. The maximum absolute atomic E-state index is 13.0. The van der Waals surface area contributed by atoms with Crippen LogP contribution in [0.5, 0.6) is 0 Å². The van der Waals surface area contributed by atoms with Crippen LogP contribution < -0.4 is 5.56 Å². The maximum Gasteiger partial charge on any atom is 0.328 e. The molecule has 1 aromatic carbocycles. The van der Waals surface area contributed by atoms with Gasteiger partial charge in [-0.05, 0) is 31.0 Å². The molecule has 0 saturated heterocycles. The van der Waals surface area contributed by atoms with E-state index in [0.717, 1.165) is 24.0 Å². The molecule has 0 amide bonds. The zero-order valence-corrected chi connectivity index (χ0v) is 16.1. The van der Waals surface area contributed by atoms with Crippen molar-refractivity contribution in [3.05, 3.63) is 51.3 Å². The van der Waals surface area contributed by atoms with Gasteiger partial charge in [0.25, 0.3) is 5.56 Å². The molecule has 0 fully saturated rings. The molecule has 1 atom stereocenters. The van der Waals surface area contributed by atoms with Crippen LogP contribution in [0.2, 0.25) is 5.02 Å². The first-order valence-electron chi connectivity index (χ1n) is 8.43. The van der Waals surface area contributed by atoms with E-state index in [-0.39, 0.29) is 5.56 Å². The fourth-order valence-electron chi connectivity index (χ4n) is 2.61. The summed E-state index contributed by atoms with van der Waals surface area (Å²) in [5, 5.41) is 3.04. The summed E-state index contributed by atoms with van der Waals surface area (Å²) in [6, 6.07) is 6.56. The van der Waals surface area contributed by atoms with E-state index in [1.165, 1.54) is 22.2 Å². The van der Waals surface area contributed by atoms with Crippen LogP contribution in [0, 0.1) is 0 Å². The van der Waals surface area contributed by atoms with Crippen molar-refractivity contribution in [2.24, 2.45) is 0 Å². The van der Waals surface area contributed by atoms with Crippen LogP contribution in [0.4, 0.5) is 0 Å². The van der Waals surface area contributed by atoms with Crippen molar-refractivity contribution in [2.45, 2.75) is 32.7 Å². The topological polar surface area (TPSA) is 61.2 Å². The van der Waals surface area contributed by atoms with Crippen molar-refractivity contribution in [2.75, 3.05) is 6.61 Å². The standard InChI is InChI=1S/C19H19ClN2O3S/c1-3-4-9-25-19(24)12(2)22-11-21-17-16(18(22)23)15(10-26-17)13-5-7-14(20)8-6-13/h5-8,10-12H,3-4,9H2,1-2H3/t12-/m0/s1. The lowest BCUT2D eigenvalue weighted by molar-refractivity contribution is -0.147. The summed E-state index contributed by atoms with van der Waals surface area (Å²) in [6.07, 6.45) is 3.16. The first kappa shape index (κ1) is 18.6. The van der Waals surface area contributed by atoms with E-state index < -0.39 is 12.0 Å². The van der Waals surface area contributed by atoms with Crippen LogP contribution in [-0.2, 0) is 9.53 Å². The number of nitrogens with zero attached hydrogens (tertiary/aromatic N) is 2. The van der Waals surface area contributed by atoms with Crippen molar-refractivity contribution >= 4 is 39.1 Å². The van der Waals surface area contributed by atoms with Crippen molar-refractivity contribution in [1.29, 1.82) is 0 Å². The predicted octanol–water partition coefficient (Wildman–Crippen LogP) is 4.68. The number of hydrogen-bond acceptors (Lipinski definition) is 5. The minimum atomic E-state index is -0.728. The Kier molecular flexibility index (Phi) is 5.74. The second-order valence-corrected chi connectivity index (χ2v) is 7.28. The van der Waals surface area contributed by atoms with Crippen molar-refractivity contribution in [1.82, 2.24) is 9.55 Å². The van der Waals surface area contributed by atoms with E-state index in [0.29, 0.717) is 21.8 Å². The monoisotopic (exact) mass is 390 g/mol. The van der Waals surface area contributed by atoms with Gasteiger partial charge in [-0.25, -0.2) is 9.78 Å². The molecule has 3 aromatic rings. The molecule has 26 heavy (non-hydrogen) atoms. The van der Waals surface area contributed by atoms with Crippen molar-refractivity contribution in [3.63, 3.8) is 0 Å². The van der Waals surface area contributed by atoms with Gasteiger partial charge in [0.1, 0.15) is 10.9 Å². The Morgan fingerprint density at radius 1 is 1.35 bits per heavy atom. The first-order chi connectivity index (χ1) is 12.5. The SMILES string of the molecule is CCCCOC(=O)[C@H](C)n1cnc2scc(-c3ccc(Cl)cc3)c2c1=O. The lowest BCUT2D eigenvalue weighted by Crippen LogP contribution is -2.29. The lowest BCUT2D eigenvalue weighted by atomic mass is 10.1. The molecule has 0 aliphatic heterocycles. The van der Waals surface area contributed by atoms with Crippen LogP contribution >= 0.6 is 22.9 Å². The van der Waals surface area contributed by atoms with Gasteiger partial charge >= 0.3 is 5.97 Å². The van der Waals surface area contributed by atoms with E-state index in [9.17, 15) is 9.59 Å². The highest BCUT2D eigenvalue weighted by Gasteiger charge is 2.21. The summed E-state index contributed by atoms with van der Waals surface area (Å²) in [7, 11) is 0. The van der Waals surface area contributed by atoms with E-state index in [1.54, 1.807) is 19.1 Å². The lowest BCUT2D eigenvalue weighted by Gasteiger charge is -2.14. The first-order valence-corrected chi connectivity index (χ1v) is 9.69. The molecule has 2 heterocycles. The van der Waals surface area contributed by atoms with Gasteiger partial charge in [-0.3, -0.25) is 9.36 Å². The third-order valence-electron chi connectivity index (χ3n) is 4.18. The summed E-state index contributed by atoms with van der Waals surface area (Å²) in [4.78, 5) is 30.2. The molecule has 0 N–H and O–H groups in total. The highest BCUT2D eigenvalue weighted by molar-refractivity contribution is 7.17. The van der Waals surface area contributed by atoms with Gasteiger partial charge in [-0.1, -0.05) is 37.1 Å². The molecular formula is C19H19ClN2O3S. The molecule has 0 saturated carbocycles. The Morgan fingerprint density at radius 3 is 2.77 bits per heavy atom. The summed E-state index contributed by atoms with van der Waals surface area (Å²) in [5.74, 6) is -0.426. The van der Waals surface area contributed by atoms with Gasteiger partial charge in [-0.15, -0.1) is 11.3 Å². The van der Waals surface area contributed by atoms with E-state index in [1.807, 2.05) is 24.4 Å². The van der Waals surface area contributed by atoms with Crippen LogP contribution in [0.1, 0.15) is 32.7 Å². The number of carbonyl (C=O) groups excluding carboxylic acids is 1. The van der Waals surface area contributed by atoms with Crippen LogP contribution in [0.3, 0.4) is 0 Å². The predicted molar refractivity (Wildman–Crippen MR) is 105 cm³/mol. The second-order valence-electron chi connectivity index (χ2n) is 5.99. The summed E-state index contributed by atoms with van der Waals surface area (Å²) < 4.78 is 6.57. The zero-order chi connectivity index (χ0) is 18.7. The number of esters is 1. The quantitative estimate of drug-likeness (QED) is 0.452. The van der Waals surface area contributed by atoms with Gasteiger partial charge in [0.2, 0.25) is 0 Å². The van der Waals surface area contributed by atoms with Gasteiger partial charge in [0.15, 0.2) is 0 Å². The summed E-state index contributed by atoms with van der Waals surface area (Å²) in [5.41, 5.74) is 1.43. The molecule has 0 aliphatic rings. The number of unbranched alkanes of at least 4 members (excludes halogenated alkanes) is 1. The third kappa shape index (κ3) is 3.66. The Labute approximate surface area is 160 Å². The van der Waals surface area contributed by atoms with E-state index in [2.05, 4.69) is 4.98 Å². The summed E-state index contributed by atoms with van der Waals surface area (Å²) >= 11 is 7.35. The third-order valence-corrected chi connectivity index (χ3v) is 5.31. The number of ether oxygens (including phenoxy) is 1. The number of carbonyl (C=O) groups is 1. The number of rotatable bonds is 6. The van der Waals surface area contributed by atoms with Gasteiger partial charge < -0.3 is 4.74 Å². The Balaban J connectivity index is 2.00. The largest absolute Gasteiger partial charge is 0.464 e. The normalized spacial score (nSPS) is 12.3. The highest BCUT2D eigenvalue weighted by Crippen LogP contribution is 2.31. The molecular weight excluding hydrogens is 372 g/mol. The maximum atomic E-state index is 13.0. The summed E-state index contributed by atoms with van der Waals surface area (Å²) in [6.45, 7) is 4.03. The number of thiophene rings is 1. The molecule has 0 unspecified atom stereocenters. The van der Waals surface area contributed by atoms with Gasteiger partial charge in [0.05, 0.1) is 18.3 Å². The van der Waals surface area contributed by atoms with Gasteiger partial charge in [-0.2, -0.15) is 0 Å². The zero-order valence-electron chi connectivity index (χ0n) is 14.6. The molecule has 0 aliphatic carbocycles. The van der Waals surface area contributed by atoms with Crippen LogP contribution in [0.25, 0.3) is 21.3 Å². The van der Waals surface area contributed by atoms with Crippen molar-refractivity contribution in [3.8, 4) is 11.1 Å². The average molecular weight is 391 g/mol. The molecule has 136 valence electrons. The van der Waals surface area contributed by atoms with Crippen LogP contribution in [-0.4, -0.2) is 22.1 Å². The Morgan fingerprint density at radius 2 is 2.08 bits per heavy atom. The van der Waals surface area contributed by atoms with Gasteiger partial charge in [0, 0.05) is 16.0 Å². The molecule has 0 radical (unpaired) electrons. The van der Waals surface area contributed by atoms with Crippen molar-refractivity contribution < 1.29 is 9.53 Å². The highest BCUT2D eigenvalue weighted by atomic mass is 35.5. The molecule has 0 spiro atoms. The molecule has 0 bridgehead atoms. The molecule has 3 rings (SSSR count). The fraction of sp³-hybridized carbons (Fsp3) is 0.316. The smallest absolute Gasteiger partial charge is 0.328 e. The number of benzene rings is 1. The number of fused-ring (bicyclic) bond motifs is 1. The average Bonchev–Trinajstić information content (AvgIpc) is 3.07. The van der Waals surface area contributed by atoms with E-state index >= 15 is 0 Å². The minimum Gasteiger partial charge on any atom is -0.464 e. The Hall–Kier alpha value is -2.18. The second kappa shape index (κ2) is 8.01. The molecule has 2 aromatic heterocycles. The molecule has 5 nitrogen and oxygen atoms in total. The van der Waals surface area contributed by atoms with Crippen LogP contribution in [0.15, 0.2) is 40.8 Å². The number of aromatic nitrogens is 2. The van der Waals surface area contributed by atoms with E-state index in [4.69, 9.17) is 16.3 Å². The Bertz CT molecular complexity index is 979. The number of halogens is 1. The fourth-order valence-corrected chi connectivity index (χ4v) is 3.65. The number of hydrogen-bond donors (Lipinski definition) is 0.